The van der Waals surface area contributed by atoms with Gasteiger partial charge in [-0.25, -0.2) is 4.79 Å². The quantitative estimate of drug-likeness (QED) is 0.263. The van der Waals surface area contributed by atoms with E-state index in [0.29, 0.717) is 13.0 Å². The third kappa shape index (κ3) is 5.97. The molecule has 4 atom stereocenters. The molecule has 8 heteroatoms. The number of carboxylic acids is 1. The van der Waals surface area contributed by atoms with Crippen LogP contribution in [0.1, 0.15) is 26.2 Å². The molecule has 0 unspecified atom stereocenters. The van der Waals surface area contributed by atoms with E-state index in [2.05, 4.69) is 5.32 Å². The molecule has 0 aromatic carbocycles. The molecule has 1 amide bonds. The van der Waals surface area contributed by atoms with Gasteiger partial charge in [0.2, 0.25) is 0 Å². The highest BCUT2D eigenvalue weighted by molar-refractivity contribution is 5.81. The highest BCUT2D eigenvalue weighted by Crippen LogP contribution is 2.06. The van der Waals surface area contributed by atoms with E-state index < -0.39 is 36.3 Å². The summed E-state index contributed by atoms with van der Waals surface area (Å²) in [6.07, 6.45) is -6.00. The minimum absolute atomic E-state index is 0.300. The average Bonchev–Trinajstić information content (AvgIpc) is 2.39. The molecule has 0 rings (SSSR count). The standard InChI is InChI=1S/C11H21NO7/c1-2-3-4-5-12-10(17)8(15)6(13)7(14)9(16)11(18)19/h6-9,13-16H,2-5H2,1H3,(H,12,17)(H,18,19)/t6-,7-,8+,9-/m1/s1. The van der Waals surface area contributed by atoms with E-state index in [1.807, 2.05) is 6.92 Å². The molecule has 0 radical (unpaired) electrons. The van der Waals surface area contributed by atoms with Gasteiger partial charge in [0.05, 0.1) is 0 Å². The van der Waals surface area contributed by atoms with Gasteiger partial charge in [-0.1, -0.05) is 19.8 Å². The van der Waals surface area contributed by atoms with E-state index in [1.54, 1.807) is 0 Å². The maximum atomic E-state index is 11.4. The zero-order chi connectivity index (χ0) is 15.0. The number of carbonyl (C=O) groups is 2. The minimum Gasteiger partial charge on any atom is -0.479 e. The zero-order valence-electron chi connectivity index (χ0n) is 10.7. The summed E-state index contributed by atoms with van der Waals surface area (Å²) >= 11 is 0. The van der Waals surface area contributed by atoms with Crippen molar-refractivity contribution < 1.29 is 35.1 Å². The Labute approximate surface area is 110 Å². The lowest BCUT2D eigenvalue weighted by Gasteiger charge is -2.23. The number of aliphatic hydroxyl groups excluding tert-OH is 4. The number of rotatable bonds is 9. The number of hydrogen-bond acceptors (Lipinski definition) is 6. The first-order valence-electron chi connectivity index (χ1n) is 6.05. The van der Waals surface area contributed by atoms with Crippen LogP contribution in [0.15, 0.2) is 0 Å². The lowest BCUT2D eigenvalue weighted by molar-refractivity contribution is -0.166. The number of nitrogens with one attached hydrogen (secondary N) is 1. The maximum Gasteiger partial charge on any atom is 0.335 e. The number of aliphatic hydroxyl groups is 4. The molecule has 8 nitrogen and oxygen atoms in total. The maximum absolute atomic E-state index is 11.4. The molecule has 19 heavy (non-hydrogen) atoms. The van der Waals surface area contributed by atoms with Gasteiger partial charge in [0.1, 0.15) is 12.2 Å². The fraction of sp³-hybridized carbons (Fsp3) is 0.818. The zero-order valence-corrected chi connectivity index (χ0v) is 10.7. The first-order chi connectivity index (χ1) is 8.82. The molecule has 6 N–H and O–H groups in total. The summed E-state index contributed by atoms with van der Waals surface area (Å²) in [4.78, 5) is 21.8. The van der Waals surface area contributed by atoms with Gasteiger partial charge < -0.3 is 30.8 Å². The van der Waals surface area contributed by atoms with Gasteiger partial charge in [-0.2, -0.15) is 0 Å². The van der Waals surface area contributed by atoms with Gasteiger partial charge in [0, 0.05) is 6.54 Å². The van der Waals surface area contributed by atoms with Crippen molar-refractivity contribution in [1.29, 1.82) is 0 Å². The molecule has 0 bridgehead atoms. The lowest BCUT2D eigenvalue weighted by atomic mass is 10.0. The molecule has 0 aliphatic heterocycles. The van der Waals surface area contributed by atoms with Crippen LogP contribution in [-0.2, 0) is 9.59 Å². The summed E-state index contributed by atoms with van der Waals surface area (Å²) in [7, 11) is 0. The lowest BCUT2D eigenvalue weighted by Crippen LogP contribution is -2.52. The van der Waals surface area contributed by atoms with Crippen LogP contribution in [-0.4, -0.2) is 68.4 Å². The summed E-state index contributed by atoms with van der Waals surface area (Å²) in [5.74, 6) is -2.69. The Hall–Kier alpha value is -1.22. The van der Waals surface area contributed by atoms with Gasteiger partial charge in [0.25, 0.3) is 5.91 Å². The van der Waals surface area contributed by atoms with E-state index in [9.17, 15) is 24.9 Å². The van der Waals surface area contributed by atoms with Crippen LogP contribution >= 0.6 is 0 Å². The fourth-order valence-electron chi connectivity index (χ4n) is 1.37. The van der Waals surface area contributed by atoms with E-state index in [4.69, 9.17) is 10.2 Å². The summed E-state index contributed by atoms with van der Waals surface area (Å²) in [6, 6.07) is 0. The Bertz CT molecular complexity index is 297. The molecule has 0 heterocycles. The Morgan fingerprint density at radius 3 is 2.00 bits per heavy atom. The van der Waals surface area contributed by atoms with Crippen molar-refractivity contribution in [3.8, 4) is 0 Å². The van der Waals surface area contributed by atoms with Crippen LogP contribution in [0.2, 0.25) is 0 Å². The molecule has 0 aromatic rings. The number of carbonyl (C=O) groups excluding carboxylic acids is 1. The highest BCUT2D eigenvalue weighted by atomic mass is 16.4. The third-order valence-corrected chi connectivity index (χ3v) is 2.60. The van der Waals surface area contributed by atoms with Gasteiger partial charge in [-0.05, 0) is 6.42 Å². The smallest absolute Gasteiger partial charge is 0.335 e. The second-order valence-electron chi connectivity index (χ2n) is 4.21. The molecule has 0 aliphatic rings. The predicted octanol–water partition coefficient (Wildman–Crippen LogP) is -2.18. The first-order valence-corrected chi connectivity index (χ1v) is 6.05. The van der Waals surface area contributed by atoms with Crippen molar-refractivity contribution in [3.05, 3.63) is 0 Å². The van der Waals surface area contributed by atoms with Gasteiger partial charge in [-0.15, -0.1) is 0 Å². The predicted molar refractivity (Wildman–Crippen MR) is 64.2 cm³/mol. The van der Waals surface area contributed by atoms with E-state index >= 15 is 0 Å². The minimum atomic E-state index is -2.28. The van der Waals surface area contributed by atoms with Crippen LogP contribution in [0.5, 0.6) is 0 Å². The van der Waals surface area contributed by atoms with Gasteiger partial charge in [0.15, 0.2) is 12.2 Å². The summed E-state index contributed by atoms with van der Waals surface area (Å²) < 4.78 is 0. The molecular weight excluding hydrogens is 258 g/mol. The van der Waals surface area contributed by atoms with Gasteiger partial charge >= 0.3 is 5.97 Å². The van der Waals surface area contributed by atoms with Crippen LogP contribution in [0.4, 0.5) is 0 Å². The summed E-state index contributed by atoms with van der Waals surface area (Å²) in [5.41, 5.74) is 0. The number of amides is 1. The molecule has 0 aromatic heterocycles. The normalized spacial score (nSPS) is 17.3. The second kappa shape index (κ2) is 8.81. The van der Waals surface area contributed by atoms with Crippen LogP contribution in [0.25, 0.3) is 0 Å². The molecule has 0 saturated heterocycles. The SMILES string of the molecule is CCCCCNC(=O)[C@@H](O)[C@H](O)[C@@H](O)[C@@H](O)C(=O)O. The number of carboxylic acid groups (broad SMARTS) is 1. The molecule has 0 fully saturated rings. The Morgan fingerprint density at radius 1 is 1.00 bits per heavy atom. The van der Waals surface area contributed by atoms with Crippen molar-refractivity contribution in [2.45, 2.75) is 50.6 Å². The molecule has 112 valence electrons. The van der Waals surface area contributed by atoms with Crippen LogP contribution < -0.4 is 5.32 Å². The molecular formula is C11H21NO7. The van der Waals surface area contributed by atoms with Crippen LogP contribution in [0.3, 0.4) is 0 Å². The number of unbranched alkanes of at least 4 members (excludes halogenated alkanes) is 2. The second-order valence-corrected chi connectivity index (χ2v) is 4.21. The van der Waals surface area contributed by atoms with E-state index in [-0.39, 0.29) is 0 Å². The average molecular weight is 279 g/mol. The summed E-state index contributed by atoms with van der Waals surface area (Å²) in [6.45, 7) is 2.28. The Morgan fingerprint density at radius 2 is 1.53 bits per heavy atom. The fourth-order valence-corrected chi connectivity index (χ4v) is 1.37. The third-order valence-electron chi connectivity index (χ3n) is 2.60. The topological polar surface area (TPSA) is 147 Å². The molecule has 0 aliphatic carbocycles. The van der Waals surface area contributed by atoms with E-state index in [0.717, 1.165) is 12.8 Å². The van der Waals surface area contributed by atoms with Crippen molar-refractivity contribution in [2.75, 3.05) is 6.54 Å². The van der Waals surface area contributed by atoms with Crippen molar-refractivity contribution in [3.63, 3.8) is 0 Å². The Balaban J connectivity index is 4.26. The van der Waals surface area contributed by atoms with Gasteiger partial charge in [-0.3, -0.25) is 4.79 Å². The highest BCUT2D eigenvalue weighted by Gasteiger charge is 2.37. The monoisotopic (exact) mass is 279 g/mol. The number of hydrogen-bond donors (Lipinski definition) is 6. The van der Waals surface area contributed by atoms with Crippen molar-refractivity contribution in [2.24, 2.45) is 0 Å². The number of aliphatic carboxylic acids is 1. The molecule has 0 spiro atoms. The first kappa shape index (κ1) is 17.8. The van der Waals surface area contributed by atoms with Crippen molar-refractivity contribution in [1.82, 2.24) is 5.32 Å². The summed E-state index contributed by atoms with van der Waals surface area (Å²) in [5, 5.41) is 47.8. The molecule has 0 saturated carbocycles. The van der Waals surface area contributed by atoms with Crippen LogP contribution in [0, 0.1) is 0 Å². The van der Waals surface area contributed by atoms with Crippen molar-refractivity contribution >= 4 is 11.9 Å². The largest absolute Gasteiger partial charge is 0.479 e. The van der Waals surface area contributed by atoms with E-state index in [1.165, 1.54) is 0 Å². The Kier molecular flexibility index (Phi) is 8.24.